The topological polar surface area (TPSA) is 126 Å². The molecule has 0 unspecified atom stereocenters. The highest BCUT2D eigenvalue weighted by molar-refractivity contribution is 9.09. The molecule has 3 heterocycles. The van der Waals surface area contributed by atoms with E-state index in [-0.39, 0.29) is 17.5 Å². The predicted molar refractivity (Wildman–Crippen MR) is 183 cm³/mol. The quantitative estimate of drug-likeness (QED) is 0.164. The number of nitrogens with zero attached hydrogens (tertiary/aromatic N) is 4. The van der Waals surface area contributed by atoms with E-state index in [4.69, 9.17) is 19.6 Å². The Kier molecular flexibility index (Phi) is 9.23. The first kappa shape index (κ1) is 31.9. The summed E-state index contributed by atoms with van der Waals surface area (Å²) in [5.41, 5.74) is 7.97. The Morgan fingerprint density at radius 2 is 1.57 bits per heavy atom. The average Bonchev–Trinajstić information content (AvgIpc) is 3.63. The standard InChI is InChI=1S/C34H37BrN6O4Si/c1-34(2,3)46(24-15-9-5-10-16-24,25-17-11-6-12-18-25)43-20-26-27(35)29(45-33(42)37-19-23-13-7-4-8-14-23)32(44-26)41-22-40-28-30(36)38-21-39-31(28)41/h4-18,21-22,26-27,29,32H,19-20H2,1-3H3,(H,37,42)(H2,36,38,39)/t26-,27+,29-,32-/m1/s1. The SMILES string of the molecule is CC(C)(C)[Si](OC[C@H]1O[C@@H](n2cnc3c(N)ncnc32)[C@H](OC(=O)NCc2ccccc2)[C@H]1Br)(c1ccccc1)c1ccccc1. The number of nitrogens with two attached hydrogens (primary N) is 1. The van der Waals surface area contributed by atoms with Crippen LogP contribution in [0.5, 0.6) is 0 Å². The zero-order chi connectivity index (χ0) is 32.3. The third-order valence-electron chi connectivity index (χ3n) is 8.33. The van der Waals surface area contributed by atoms with Crippen LogP contribution in [-0.4, -0.2) is 57.6 Å². The second kappa shape index (κ2) is 13.3. The van der Waals surface area contributed by atoms with Crippen LogP contribution in [0, 0.1) is 0 Å². The van der Waals surface area contributed by atoms with Gasteiger partial charge in [-0.05, 0) is 21.0 Å². The second-order valence-corrected chi connectivity index (χ2v) is 17.6. The number of aromatic nitrogens is 4. The number of carbonyl (C=O) groups is 1. The molecule has 4 atom stereocenters. The molecule has 3 N–H and O–H groups in total. The van der Waals surface area contributed by atoms with Gasteiger partial charge in [-0.15, -0.1) is 0 Å². The third kappa shape index (κ3) is 6.17. The molecule has 1 aliphatic heterocycles. The number of hydrogen-bond donors (Lipinski definition) is 2. The summed E-state index contributed by atoms with van der Waals surface area (Å²) in [7, 11) is -2.87. The minimum absolute atomic E-state index is 0.224. The first-order valence-corrected chi connectivity index (χ1v) is 18.0. The molecule has 2 aromatic heterocycles. The lowest BCUT2D eigenvalue weighted by Gasteiger charge is -2.43. The molecule has 12 heteroatoms. The van der Waals surface area contributed by atoms with Crippen molar-refractivity contribution < 1.29 is 18.7 Å². The minimum atomic E-state index is -2.87. The molecule has 3 aromatic carbocycles. The lowest BCUT2D eigenvalue weighted by Crippen LogP contribution is -2.67. The first-order valence-electron chi connectivity index (χ1n) is 15.1. The molecule has 0 radical (unpaired) electrons. The number of ether oxygens (including phenoxy) is 2. The molecule has 6 rings (SSSR count). The second-order valence-electron chi connectivity index (χ2n) is 12.3. The van der Waals surface area contributed by atoms with Gasteiger partial charge in [0, 0.05) is 6.54 Å². The van der Waals surface area contributed by atoms with Gasteiger partial charge in [-0.2, -0.15) is 0 Å². The predicted octanol–water partition coefficient (Wildman–Crippen LogP) is 4.94. The summed E-state index contributed by atoms with van der Waals surface area (Å²) >= 11 is 3.85. The summed E-state index contributed by atoms with van der Waals surface area (Å²) < 4.78 is 21.7. The van der Waals surface area contributed by atoms with Gasteiger partial charge in [-0.1, -0.05) is 128 Å². The van der Waals surface area contributed by atoms with Gasteiger partial charge in [0.25, 0.3) is 8.32 Å². The normalized spacial score (nSPS) is 20.1. The van der Waals surface area contributed by atoms with Crippen molar-refractivity contribution in [1.29, 1.82) is 0 Å². The molecule has 5 aromatic rings. The van der Waals surface area contributed by atoms with Gasteiger partial charge in [0.1, 0.15) is 11.8 Å². The van der Waals surface area contributed by atoms with E-state index in [1.54, 1.807) is 10.9 Å². The van der Waals surface area contributed by atoms with Crippen LogP contribution < -0.4 is 21.4 Å². The fourth-order valence-electron chi connectivity index (χ4n) is 6.14. The lowest BCUT2D eigenvalue weighted by molar-refractivity contribution is -0.0500. The van der Waals surface area contributed by atoms with Crippen molar-refractivity contribution in [2.75, 3.05) is 12.3 Å². The van der Waals surface area contributed by atoms with Crippen LogP contribution >= 0.6 is 15.9 Å². The Morgan fingerprint density at radius 1 is 0.957 bits per heavy atom. The smallest absolute Gasteiger partial charge is 0.407 e. The van der Waals surface area contributed by atoms with Crippen molar-refractivity contribution >= 4 is 57.7 Å². The Morgan fingerprint density at radius 3 is 2.17 bits per heavy atom. The molecule has 1 saturated heterocycles. The maximum absolute atomic E-state index is 13.2. The average molecular weight is 702 g/mol. The van der Waals surface area contributed by atoms with Crippen LogP contribution in [0.2, 0.25) is 5.04 Å². The fourth-order valence-corrected chi connectivity index (χ4v) is 11.4. The molecule has 10 nitrogen and oxygen atoms in total. The summed E-state index contributed by atoms with van der Waals surface area (Å²) in [5.74, 6) is 0.252. The summed E-state index contributed by atoms with van der Waals surface area (Å²) in [4.78, 5) is 25.7. The van der Waals surface area contributed by atoms with Crippen molar-refractivity contribution in [2.24, 2.45) is 0 Å². The van der Waals surface area contributed by atoms with Gasteiger partial charge in [-0.3, -0.25) is 4.57 Å². The summed E-state index contributed by atoms with van der Waals surface area (Å²) in [6.45, 7) is 7.26. The van der Waals surface area contributed by atoms with Crippen molar-refractivity contribution in [1.82, 2.24) is 24.8 Å². The Hall–Kier alpha value is -4.10. The largest absolute Gasteiger partial charge is 0.440 e. The molecule has 46 heavy (non-hydrogen) atoms. The molecule has 238 valence electrons. The highest BCUT2D eigenvalue weighted by Gasteiger charge is 2.53. The Bertz CT molecular complexity index is 1730. The molecule has 1 amide bonds. The highest BCUT2D eigenvalue weighted by Crippen LogP contribution is 2.41. The Labute approximate surface area is 277 Å². The number of benzene rings is 3. The van der Waals surface area contributed by atoms with Crippen molar-refractivity contribution in [3.05, 3.63) is 109 Å². The van der Waals surface area contributed by atoms with Gasteiger partial charge in [0.2, 0.25) is 0 Å². The van der Waals surface area contributed by atoms with Gasteiger partial charge in [0.15, 0.2) is 23.8 Å². The molecular formula is C34H37BrN6O4Si. The Balaban J connectivity index is 1.32. The number of amides is 1. The number of halogens is 1. The van der Waals surface area contributed by atoms with Crippen LogP contribution in [-0.2, 0) is 20.4 Å². The molecule has 1 fully saturated rings. The zero-order valence-electron chi connectivity index (χ0n) is 25.9. The van der Waals surface area contributed by atoms with Gasteiger partial charge in [0.05, 0.1) is 23.9 Å². The summed E-state index contributed by atoms with van der Waals surface area (Å²) in [5, 5.41) is 4.96. The number of fused-ring (bicyclic) bond motifs is 1. The van der Waals surface area contributed by atoms with E-state index in [9.17, 15) is 4.79 Å². The summed E-state index contributed by atoms with van der Waals surface area (Å²) in [6, 6.07) is 30.5. The van der Waals surface area contributed by atoms with Crippen LogP contribution in [0.25, 0.3) is 11.2 Å². The van der Waals surface area contributed by atoms with E-state index in [0.717, 1.165) is 15.9 Å². The monoisotopic (exact) mass is 700 g/mol. The third-order valence-corrected chi connectivity index (χ3v) is 14.4. The molecule has 0 aliphatic carbocycles. The maximum atomic E-state index is 13.2. The minimum Gasteiger partial charge on any atom is -0.440 e. The van der Waals surface area contributed by atoms with E-state index < -0.39 is 37.7 Å². The number of alkyl halides is 1. The molecule has 0 bridgehead atoms. The van der Waals surface area contributed by atoms with Crippen molar-refractivity contribution in [3.63, 3.8) is 0 Å². The first-order chi connectivity index (χ1) is 22.2. The van der Waals surface area contributed by atoms with Crippen LogP contribution in [0.1, 0.15) is 32.6 Å². The lowest BCUT2D eigenvalue weighted by atomic mass is 10.2. The number of nitrogens with one attached hydrogen (secondary N) is 1. The van der Waals surface area contributed by atoms with Crippen LogP contribution in [0.15, 0.2) is 104 Å². The van der Waals surface area contributed by atoms with E-state index >= 15 is 0 Å². The van der Waals surface area contributed by atoms with Crippen molar-refractivity contribution in [2.45, 2.75) is 55.6 Å². The highest BCUT2D eigenvalue weighted by atomic mass is 79.9. The number of rotatable bonds is 9. The van der Waals surface area contributed by atoms with Crippen LogP contribution in [0.3, 0.4) is 0 Å². The van der Waals surface area contributed by atoms with Crippen molar-refractivity contribution in [3.8, 4) is 0 Å². The number of anilines is 1. The van der Waals surface area contributed by atoms with Gasteiger partial charge >= 0.3 is 6.09 Å². The van der Waals surface area contributed by atoms with E-state index in [2.05, 4.69) is 106 Å². The van der Waals surface area contributed by atoms with Crippen LogP contribution in [0.4, 0.5) is 10.6 Å². The molecule has 1 aliphatic rings. The number of alkyl carbamates (subject to hydrolysis) is 1. The molecule has 0 saturated carbocycles. The van der Waals surface area contributed by atoms with E-state index in [1.807, 2.05) is 42.5 Å². The number of nitrogen functional groups attached to an aromatic ring is 1. The molecular weight excluding hydrogens is 664 g/mol. The van der Waals surface area contributed by atoms with E-state index in [0.29, 0.717) is 17.7 Å². The zero-order valence-corrected chi connectivity index (χ0v) is 28.5. The number of carbonyl (C=O) groups excluding carboxylic acids is 1. The number of imidazole rings is 1. The number of hydrogen-bond acceptors (Lipinski definition) is 8. The maximum Gasteiger partial charge on any atom is 0.407 e. The van der Waals surface area contributed by atoms with E-state index in [1.165, 1.54) is 6.33 Å². The molecule has 0 spiro atoms. The van der Waals surface area contributed by atoms with Gasteiger partial charge < -0.3 is 25.0 Å². The fraction of sp³-hybridized carbons (Fsp3) is 0.294. The van der Waals surface area contributed by atoms with Gasteiger partial charge in [-0.25, -0.2) is 19.7 Å². The summed E-state index contributed by atoms with van der Waals surface area (Å²) in [6.07, 6.45) is 0.386.